The SMILES string of the molecule is O=C(O)c1cccc(NS(=O)(=O)c2ccc(C(F)(F)F)cc2)c1. The largest absolute Gasteiger partial charge is 0.478 e. The molecule has 2 rings (SSSR count). The van der Waals surface area contributed by atoms with Gasteiger partial charge in [-0.15, -0.1) is 0 Å². The summed E-state index contributed by atoms with van der Waals surface area (Å²) >= 11 is 0. The summed E-state index contributed by atoms with van der Waals surface area (Å²) in [7, 11) is -4.13. The molecule has 9 heteroatoms. The van der Waals surface area contributed by atoms with E-state index in [0.717, 1.165) is 18.2 Å². The van der Waals surface area contributed by atoms with Crippen molar-refractivity contribution >= 4 is 21.7 Å². The molecule has 2 N–H and O–H groups in total. The number of halogens is 3. The number of benzene rings is 2. The lowest BCUT2D eigenvalue weighted by Gasteiger charge is -2.10. The lowest BCUT2D eigenvalue weighted by atomic mass is 10.2. The summed E-state index contributed by atoms with van der Waals surface area (Å²) in [5, 5.41) is 8.85. The van der Waals surface area contributed by atoms with Crippen molar-refractivity contribution < 1.29 is 31.5 Å². The first kappa shape index (κ1) is 16.8. The third kappa shape index (κ3) is 4.01. The standard InChI is InChI=1S/C14H10F3NO4S/c15-14(16,17)10-4-6-12(7-5-10)23(21,22)18-11-3-1-2-9(8-11)13(19)20/h1-8,18H,(H,19,20). The molecule has 0 radical (unpaired) electrons. The lowest BCUT2D eigenvalue weighted by Crippen LogP contribution is -2.14. The molecule has 0 aromatic heterocycles. The second kappa shape index (κ2) is 5.92. The van der Waals surface area contributed by atoms with E-state index in [2.05, 4.69) is 4.72 Å². The second-order valence-corrected chi connectivity index (χ2v) is 6.20. The Morgan fingerprint density at radius 3 is 2.17 bits per heavy atom. The molecule has 0 saturated heterocycles. The summed E-state index contributed by atoms with van der Waals surface area (Å²) < 4.78 is 63.7. The number of carboxylic acids is 1. The molecular weight excluding hydrogens is 335 g/mol. The van der Waals surface area contributed by atoms with Gasteiger partial charge in [0.25, 0.3) is 10.0 Å². The minimum Gasteiger partial charge on any atom is -0.478 e. The topological polar surface area (TPSA) is 83.5 Å². The van der Waals surface area contributed by atoms with Crippen LogP contribution in [-0.4, -0.2) is 19.5 Å². The smallest absolute Gasteiger partial charge is 0.416 e. The van der Waals surface area contributed by atoms with Crippen LogP contribution >= 0.6 is 0 Å². The fourth-order valence-corrected chi connectivity index (χ4v) is 2.80. The molecule has 0 heterocycles. The summed E-state index contributed by atoms with van der Waals surface area (Å²) in [5.41, 5.74) is -1.10. The van der Waals surface area contributed by atoms with Crippen LogP contribution in [-0.2, 0) is 16.2 Å². The zero-order valence-electron chi connectivity index (χ0n) is 11.3. The maximum Gasteiger partial charge on any atom is 0.416 e. The average Bonchev–Trinajstić information content (AvgIpc) is 2.46. The number of hydrogen-bond donors (Lipinski definition) is 2. The molecule has 0 aliphatic rings. The van der Waals surface area contributed by atoms with E-state index in [4.69, 9.17) is 5.11 Å². The number of alkyl halides is 3. The third-order valence-electron chi connectivity index (χ3n) is 2.85. The maximum atomic E-state index is 12.5. The van der Waals surface area contributed by atoms with E-state index >= 15 is 0 Å². The summed E-state index contributed by atoms with van der Waals surface area (Å²) in [6.07, 6.45) is -4.56. The second-order valence-electron chi connectivity index (χ2n) is 4.51. The number of sulfonamides is 1. The highest BCUT2D eigenvalue weighted by molar-refractivity contribution is 7.92. The summed E-state index contributed by atoms with van der Waals surface area (Å²) in [6, 6.07) is 8.01. The molecule has 0 atom stereocenters. The van der Waals surface area contributed by atoms with Crippen molar-refractivity contribution in [2.45, 2.75) is 11.1 Å². The van der Waals surface area contributed by atoms with Crippen LogP contribution in [0.1, 0.15) is 15.9 Å². The van der Waals surface area contributed by atoms with E-state index in [0.29, 0.717) is 12.1 Å². The Kier molecular flexibility index (Phi) is 4.33. The van der Waals surface area contributed by atoms with Crippen molar-refractivity contribution in [1.29, 1.82) is 0 Å². The number of nitrogens with one attached hydrogen (secondary N) is 1. The average molecular weight is 345 g/mol. The Labute approximate surface area is 129 Å². The van der Waals surface area contributed by atoms with Crippen molar-refractivity contribution in [3.05, 3.63) is 59.7 Å². The fraction of sp³-hybridized carbons (Fsp3) is 0.0714. The Balaban J connectivity index is 2.29. The summed E-state index contributed by atoms with van der Waals surface area (Å²) in [6.45, 7) is 0. The van der Waals surface area contributed by atoms with Crippen LogP contribution in [0.15, 0.2) is 53.4 Å². The predicted octanol–water partition coefficient (Wildman–Crippen LogP) is 3.20. The normalized spacial score (nSPS) is 12.0. The van der Waals surface area contributed by atoms with Crippen LogP contribution in [0.5, 0.6) is 0 Å². The number of aromatic carboxylic acids is 1. The van der Waals surface area contributed by atoms with Gasteiger partial charge < -0.3 is 5.11 Å². The van der Waals surface area contributed by atoms with E-state index in [9.17, 15) is 26.4 Å². The van der Waals surface area contributed by atoms with Gasteiger partial charge in [-0.25, -0.2) is 13.2 Å². The highest BCUT2D eigenvalue weighted by atomic mass is 32.2. The molecule has 0 spiro atoms. The first-order chi connectivity index (χ1) is 10.6. The van der Waals surface area contributed by atoms with Crippen molar-refractivity contribution in [2.24, 2.45) is 0 Å². The first-order valence-electron chi connectivity index (χ1n) is 6.13. The Bertz CT molecular complexity index is 830. The van der Waals surface area contributed by atoms with E-state index in [1.54, 1.807) is 0 Å². The van der Waals surface area contributed by atoms with Gasteiger partial charge in [0.05, 0.1) is 16.0 Å². The van der Waals surface area contributed by atoms with E-state index in [-0.39, 0.29) is 16.1 Å². The minimum atomic E-state index is -4.56. The highest BCUT2D eigenvalue weighted by Gasteiger charge is 2.30. The molecule has 0 fully saturated rings. The number of carboxylic acid groups (broad SMARTS) is 1. The number of hydrogen-bond acceptors (Lipinski definition) is 3. The Morgan fingerprint density at radius 2 is 1.65 bits per heavy atom. The van der Waals surface area contributed by atoms with Crippen LogP contribution in [0, 0.1) is 0 Å². The minimum absolute atomic E-state index is 0.00945. The summed E-state index contributed by atoms with van der Waals surface area (Å²) in [4.78, 5) is 10.5. The number of carbonyl (C=O) groups is 1. The van der Waals surface area contributed by atoms with Crippen LogP contribution < -0.4 is 4.72 Å². The predicted molar refractivity (Wildman–Crippen MR) is 75.7 cm³/mol. The molecule has 0 amide bonds. The molecule has 0 unspecified atom stereocenters. The van der Waals surface area contributed by atoms with Gasteiger partial charge in [0.2, 0.25) is 0 Å². The van der Waals surface area contributed by atoms with E-state index in [1.807, 2.05) is 0 Å². The highest BCUT2D eigenvalue weighted by Crippen LogP contribution is 2.30. The zero-order chi connectivity index (χ0) is 17.3. The molecular formula is C14H10F3NO4S. The number of rotatable bonds is 4. The Morgan fingerprint density at radius 1 is 1.04 bits per heavy atom. The van der Waals surface area contributed by atoms with Crippen molar-refractivity contribution in [3.8, 4) is 0 Å². The molecule has 0 bridgehead atoms. The molecule has 0 saturated carbocycles. The molecule has 2 aromatic rings. The third-order valence-corrected chi connectivity index (χ3v) is 4.25. The van der Waals surface area contributed by atoms with Crippen LogP contribution in [0.3, 0.4) is 0 Å². The van der Waals surface area contributed by atoms with E-state index < -0.39 is 27.7 Å². The first-order valence-corrected chi connectivity index (χ1v) is 7.61. The van der Waals surface area contributed by atoms with Gasteiger partial charge in [0, 0.05) is 5.69 Å². The number of anilines is 1. The quantitative estimate of drug-likeness (QED) is 0.891. The molecule has 23 heavy (non-hydrogen) atoms. The van der Waals surface area contributed by atoms with Crippen molar-refractivity contribution in [1.82, 2.24) is 0 Å². The van der Waals surface area contributed by atoms with Gasteiger partial charge in [0.15, 0.2) is 0 Å². The van der Waals surface area contributed by atoms with Gasteiger partial charge >= 0.3 is 12.1 Å². The zero-order valence-corrected chi connectivity index (χ0v) is 12.1. The van der Waals surface area contributed by atoms with Gasteiger partial charge in [-0.3, -0.25) is 4.72 Å². The van der Waals surface area contributed by atoms with Crippen LogP contribution in [0.25, 0.3) is 0 Å². The molecule has 5 nitrogen and oxygen atoms in total. The fourth-order valence-electron chi connectivity index (χ4n) is 1.75. The monoisotopic (exact) mass is 345 g/mol. The maximum absolute atomic E-state index is 12.5. The van der Waals surface area contributed by atoms with Crippen molar-refractivity contribution in [2.75, 3.05) is 4.72 Å². The van der Waals surface area contributed by atoms with Gasteiger partial charge in [-0.2, -0.15) is 13.2 Å². The molecule has 0 aliphatic heterocycles. The van der Waals surface area contributed by atoms with Gasteiger partial charge in [-0.05, 0) is 42.5 Å². The Hall–Kier alpha value is -2.55. The van der Waals surface area contributed by atoms with Crippen LogP contribution in [0.2, 0.25) is 0 Å². The summed E-state index contributed by atoms with van der Waals surface area (Å²) in [5.74, 6) is -1.24. The van der Waals surface area contributed by atoms with E-state index in [1.165, 1.54) is 18.2 Å². The van der Waals surface area contributed by atoms with Gasteiger partial charge in [-0.1, -0.05) is 6.07 Å². The van der Waals surface area contributed by atoms with Crippen LogP contribution in [0.4, 0.5) is 18.9 Å². The van der Waals surface area contributed by atoms with Crippen molar-refractivity contribution in [3.63, 3.8) is 0 Å². The van der Waals surface area contributed by atoms with Gasteiger partial charge in [0.1, 0.15) is 0 Å². The molecule has 0 aliphatic carbocycles. The molecule has 122 valence electrons. The molecule has 2 aromatic carbocycles. The lowest BCUT2D eigenvalue weighted by molar-refractivity contribution is -0.137.